The lowest BCUT2D eigenvalue weighted by Gasteiger charge is -2.08. The van der Waals surface area contributed by atoms with Gasteiger partial charge in [-0.3, -0.25) is 4.79 Å². The summed E-state index contributed by atoms with van der Waals surface area (Å²) < 4.78 is 14.9. The number of aromatic amines is 1. The van der Waals surface area contributed by atoms with Crippen molar-refractivity contribution in [2.75, 3.05) is 5.32 Å². The number of aromatic nitrogens is 3. The van der Waals surface area contributed by atoms with Crippen molar-refractivity contribution in [3.63, 3.8) is 0 Å². The number of alkyl halides is 1. The molecule has 130 valence electrons. The predicted octanol–water partition coefficient (Wildman–Crippen LogP) is 4.09. The van der Waals surface area contributed by atoms with Gasteiger partial charge in [0.15, 0.2) is 5.82 Å². The number of pyridine rings is 1. The molecule has 1 aliphatic rings. The minimum atomic E-state index is -1.01. The molecule has 0 radical (unpaired) electrons. The van der Waals surface area contributed by atoms with E-state index in [1.54, 1.807) is 6.20 Å². The van der Waals surface area contributed by atoms with Gasteiger partial charge in [-0.1, -0.05) is 6.07 Å². The molecule has 0 saturated heterocycles. The van der Waals surface area contributed by atoms with Crippen LogP contribution in [0.1, 0.15) is 12.0 Å². The Morgan fingerprint density at radius 3 is 2.92 bits per heavy atom. The third kappa shape index (κ3) is 2.37. The molecule has 3 heterocycles. The second-order valence-corrected chi connectivity index (χ2v) is 6.85. The van der Waals surface area contributed by atoms with E-state index in [9.17, 15) is 9.18 Å². The van der Waals surface area contributed by atoms with E-state index in [2.05, 4.69) is 40.4 Å². The molecule has 5 nitrogen and oxygen atoms in total. The van der Waals surface area contributed by atoms with Crippen molar-refractivity contribution >= 4 is 28.3 Å². The molecule has 4 aromatic rings. The highest BCUT2D eigenvalue weighted by atomic mass is 19.1. The highest BCUT2D eigenvalue weighted by molar-refractivity contribution is 5.97. The molecule has 1 aliphatic carbocycles. The third-order valence-corrected chi connectivity index (χ3v) is 4.98. The van der Waals surface area contributed by atoms with E-state index in [0.717, 1.165) is 16.7 Å². The quantitative estimate of drug-likeness (QED) is 0.586. The molecule has 2 atom stereocenters. The zero-order chi connectivity index (χ0) is 17.8. The molecule has 6 heteroatoms. The first-order valence-corrected chi connectivity index (χ1v) is 8.61. The van der Waals surface area contributed by atoms with Crippen molar-refractivity contribution < 1.29 is 9.18 Å². The van der Waals surface area contributed by atoms with E-state index in [4.69, 9.17) is 0 Å². The molecule has 0 aliphatic heterocycles. The van der Waals surface area contributed by atoms with Crippen LogP contribution in [0.4, 0.5) is 10.2 Å². The molecular formula is C20H17FN4O. The third-order valence-electron chi connectivity index (χ3n) is 4.98. The zero-order valence-electron chi connectivity index (χ0n) is 14.2. The Labute approximate surface area is 148 Å². The standard InChI is InChI=1S/C20H17FN4O/c1-11-2-4-16-13(6-7-22-16)19(11)12-3-5-18-23-17(10-25(18)9-12)24-20(26)14-8-15(14)21/h2-7,9-10,14-15,22H,8H2,1H3,(H,24,26)/t14-,15+/m1/s1. The maximum Gasteiger partial charge on any atom is 0.231 e. The minimum Gasteiger partial charge on any atom is -0.361 e. The SMILES string of the molecule is Cc1ccc2[nH]ccc2c1-c1ccc2nc(NC(=O)[C@@H]3C[C@@H]3F)cn2c1. The number of hydrogen-bond donors (Lipinski definition) is 2. The molecule has 5 rings (SSSR count). The monoisotopic (exact) mass is 348 g/mol. The fraction of sp³-hybridized carbons (Fsp3) is 0.200. The fourth-order valence-electron chi connectivity index (χ4n) is 3.48. The van der Waals surface area contributed by atoms with Crippen molar-refractivity contribution in [2.24, 2.45) is 5.92 Å². The van der Waals surface area contributed by atoms with Gasteiger partial charge in [-0.15, -0.1) is 0 Å². The number of aryl methyl sites for hydroxylation is 1. The van der Waals surface area contributed by atoms with Crippen LogP contribution in [0.5, 0.6) is 0 Å². The van der Waals surface area contributed by atoms with Crippen molar-refractivity contribution in [2.45, 2.75) is 19.5 Å². The summed E-state index contributed by atoms with van der Waals surface area (Å²) in [6.45, 7) is 2.09. The number of H-pyrrole nitrogens is 1. The summed E-state index contributed by atoms with van der Waals surface area (Å²) in [5.74, 6) is -0.374. The van der Waals surface area contributed by atoms with Gasteiger partial charge >= 0.3 is 0 Å². The molecular weight excluding hydrogens is 331 g/mol. The zero-order valence-corrected chi connectivity index (χ0v) is 14.2. The van der Waals surface area contributed by atoms with Crippen molar-refractivity contribution in [3.8, 4) is 11.1 Å². The highest BCUT2D eigenvalue weighted by Gasteiger charge is 2.43. The largest absolute Gasteiger partial charge is 0.361 e. The van der Waals surface area contributed by atoms with Gasteiger partial charge in [-0.2, -0.15) is 0 Å². The van der Waals surface area contributed by atoms with Crippen LogP contribution in [0.15, 0.2) is 48.9 Å². The van der Waals surface area contributed by atoms with Crippen LogP contribution >= 0.6 is 0 Å². The Kier molecular flexibility index (Phi) is 3.16. The van der Waals surface area contributed by atoms with Gasteiger partial charge < -0.3 is 14.7 Å². The van der Waals surface area contributed by atoms with Gasteiger partial charge in [0.05, 0.1) is 12.1 Å². The first-order valence-electron chi connectivity index (χ1n) is 8.61. The van der Waals surface area contributed by atoms with Crippen LogP contribution < -0.4 is 5.32 Å². The lowest BCUT2D eigenvalue weighted by Crippen LogP contribution is -2.15. The Morgan fingerprint density at radius 1 is 1.27 bits per heavy atom. The highest BCUT2D eigenvalue weighted by Crippen LogP contribution is 2.35. The summed E-state index contributed by atoms with van der Waals surface area (Å²) in [4.78, 5) is 19.6. The van der Waals surface area contributed by atoms with Gasteiger partial charge in [0.2, 0.25) is 5.91 Å². The molecule has 0 bridgehead atoms. The Balaban J connectivity index is 1.54. The van der Waals surface area contributed by atoms with E-state index >= 15 is 0 Å². The lowest BCUT2D eigenvalue weighted by atomic mass is 9.98. The fourth-order valence-corrected chi connectivity index (χ4v) is 3.48. The van der Waals surface area contributed by atoms with Crippen molar-refractivity contribution in [3.05, 3.63) is 54.5 Å². The maximum absolute atomic E-state index is 13.0. The molecule has 1 fully saturated rings. The number of benzene rings is 1. The summed E-state index contributed by atoms with van der Waals surface area (Å²) in [6.07, 6.45) is 5.00. The van der Waals surface area contributed by atoms with Crippen molar-refractivity contribution in [1.82, 2.24) is 14.4 Å². The molecule has 1 amide bonds. The summed E-state index contributed by atoms with van der Waals surface area (Å²) in [6, 6.07) is 10.2. The minimum absolute atomic E-state index is 0.297. The number of carbonyl (C=O) groups excluding carboxylic acids is 1. The van der Waals surface area contributed by atoms with Crippen LogP contribution in [-0.2, 0) is 4.79 Å². The van der Waals surface area contributed by atoms with Crippen LogP contribution in [0.2, 0.25) is 0 Å². The molecule has 0 spiro atoms. The number of anilines is 1. The number of halogens is 1. The van der Waals surface area contributed by atoms with E-state index in [-0.39, 0.29) is 5.91 Å². The number of rotatable bonds is 3. The van der Waals surface area contributed by atoms with Gasteiger partial charge in [0.1, 0.15) is 11.8 Å². The topological polar surface area (TPSA) is 62.2 Å². The number of nitrogens with one attached hydrogen (secondary N) is 2. The maximum atomic E-state index is 13.0. The average molecular weight is 348 g/mol. The van der Waals surface area contributed by atoms with Crippen LogP contribution in [0, 0.1) is 12.8 Å². The van der Waals surface area contributed by atoms with Gasteiger partial charge in [0, 0.05) is 23.3 Å². The van der Waals surface area contributed by atoms with E-state index in [0.29, 0.717) is 12.2 Å². The Hall–Kier alpha value is -3.15. The van der Waals surface area contributed by atoms with E-state index < -0.39 is 12.1 Å². The summed E-state index contributed by atoms with van der Waals surface area (Å²) in [5, 5.41) is 3.87. The van der Waals surface area contributed by atoms with Crippen LogP contribution in [0.3, 0.4) is 0 Å². The predicted molar refractivity (Wildman–Crippen MR) is 98.9 cm³/mol. The van der Waals surface area contributed by atoms with Crippen LogP contribution in [0.25, 0.3) is 27.7 Å². The Bertz CT molecular complexity index is 1160. The summed E-state index contributed by atoms with van der Waals surface area (Å²) >= 11 is 0. The smallest absolute Gasteiger partial charge is 0.231 e. The molecule has 3 aromatic heterocycles. The summed E-state index contributed by atoms with van der Waals surface area (Å²) in [7, 11) is 0. The second-order valence-electron chi connectivity index (χ2n) is 6.85. The normalized spacial score (nSPS) is 19.2. The van der Waals surface area contributed by atoms with E-state index in [1.807, 2.05) is 28.9 Å². The molecule has 0 unspecified atom stereocenters. The number of nitrogens with zero attached hydrogens (tertiary/aromatic N) is 2. The first kappa shape index (κ1) is 15.1. The number of imidazole rings is 1. The van der Waals surface area contributed by atoms with E-state index in [1.165, 1.54) is 16.5 Å². The number of fused-ring (bicyclic) bond motifs is 2. The van der Waals surface area contributed by atoms with Gasteiger partial charge in [-0.05, 0) is 54.3 Å². The lowest BCUT2D eigenvalue weighted by molar-refractivity contribution is -0.117. The molecule has 2 N–H and O–H groups in total. The molecule has 26 heavy (non-hydrogen) atoms. The number of hydrogen-bond acceptors (Lipinski definition) is 2. The Morgan fingerprint density at radius 2 is 2.12 bits per heavy atom. The summed E-state index contributed by atoms with van der Waals surface area (Å²) in [5.41, 5.74) is 5.25. The molecule has 1 saturated carbocycles. The van der Waals surface area contributed by atoms with Crippen LogP contribution in [-0.4, -0.2) is 26.4 Å². The van der Waals surface area contributed by atoms with Gasteiger partial charge in [-0.25, -0.2) is 9.37 Å². The second kappa shape index (κ2) is 5.42. The molecule has 1 aromatic carbocycles. The van der Waals surface area contributed by atoms with Crippen molar-refractivity contribution in [1.29, 1.82) is 0 Å². The first-order chi connectivity index (χ1) is 12.6. The average Bonchev–Trinajstić information content (AvgIpc) is 3.02. The number of amides is 1. The number of carbonyl (C=O) groups is 1. The van der Waals surface area contributed by atoms with Gasteiger partial charge in [0.25, 0.3) is 0 Å².